The van der Waals surface area contributed by atoms with Gasteiger partial charge in [-0.1, -0.05) is 13.8 Å². The highest BCUT2D eigenvalue weighted by molar-refractivity contribution is 6.00. The van der Waals surface area contributed by atoms with Crippen molar-refractivity contribution in [2.45, 2.75) is 20.3 Å². The lowest BCUT2D eigenvalue weighted by atomic mass is 10.1. The Labute approximate surface area is 71.4 Å². The molecular formula is C9H12O3. The molecule has 1 saturated heterocycles. The van der Waals surface area contributed by atoms with Crippen LogP contribution in [0.2, 0.25) is 0 Å². The number of allylic oxidation sites excluding steroid dienone is 1. The number of carbonyl (C=O) groups is 2. The molecule has 0 radical (unpaired) electrons. The summed E-state index contributed by atoms with van der Waals surface area (Å²) < 4.78 is 4.69. The Bertz CT molecular complexity index is 238. The second-order valence-electron chi connectivity index (χ2n) is 3.11. The molecular weight excluding hydrogens is 156 g/mol. The number of cyclic esters (lactones) is 1. The van der Waals surface area contributed by atoms with Gasteiger partial charge in [0.05, 0.1) is 6.61 Å². The maximum atomic E-state index is 11.2. The summed E-state index contributed by atoms with van der Waals surface area (Å²) in [6.45, 7) is 4.02. The first-order chi connectivity index (χ1) is 5.61. The van der Waals surface area contributed by atoms with Gasteiger partial charge in [-0.3, -0.25) is 4.79 Å². The average Bonchev–Trinajstić information content (AvgIpc) is 2.36. The summed E-state index contributed by atoms with van der Waals surface area (Å²) in [4.78, 5) is 22.0. The van der Waals surface area contributed by atoms with E-state index in [1.165, 1.54) is 6.08 Å². The fourth-order valence-electron chi connectivity index (χ4n) is 0.918. The van der Waals surface area contributed by atoms with Crippen molar-refractivity contribution in [2.24, 2.45) is 5.92 Å². The topological polar surface area (TPSA) is 43.4 Å². The molecule has 66 valence electrons. The zero-order valence-corrected chi connectivity index (χ0v) is 7.29. The number of ketones is 1. The smallest absolute Gasteiger partial charge is 0.334 e. The summed E-state index contributed by atoms with van der Waals surface area (Å²) in [6, 6.07) is 0. The van der Waals surface area contributed by atoms with E-state index in [9.17, 15) is 9.59 Å². The fraction of sp³-hybridized carbons (Fsp3) is 0.556. The molecule has 1 rings (SSSR count). The third kappa shape index (κ3) is 1.94. The van der Waals surface area contributed by atoms with Crippen LogP contribution >= 0.6 is 0 Å². The van der Waals surface area contributed by atoms with E-state index >= 15 is 0 Å². The molecule has 0 unspecified atom stereocenters. The highest BCUT2D eigenvalue weighted by atomic mass is 16.5. The molecule has 0 aromatic rings. The van der Waals surface area contributed by atoms with Crippen molar-refractivity contribution in [2.75, 3.05) is 6.61 Å². The minimum absolute atomic E-state index is 0.0103. The number of esters is 1. The second-order valence-corrected chi connectivity index (χ2v) is 3.11. The Hall–Kier alpha value is -1.12. The van der Waals surface area contributed by atoms with Gasteiger partial charge in [0.2, 0.25) is 0 Å². The lowest BCUT2D eigenvalue weighted by molar-refractivity contribution is -0.135. The van der Waals surface area contributed by atoms with E-state index in [1.807, 2.05) is 0 Å². The molecule has 0 atom stereocenters. The minimum atomic E-state index is -0.344. The quantitative estimate of drug-likeness (QED) is 0.458. The number of rotatable bonds is 2. The van der Waals surface area contributed by atoms with Crippen molar-refractivity contribution in [3.63, 3.8) is 0 Å². The molecule has 0 aliphatic carbocycles. The third-order valence-corrected chi connectivity index (χ3v) is 1.75. The molecule has 0 aromatic heterocycles. The number of hydrogen-bond acceptors (Lipinski definition) is 3. The van der Waals surface area contributed by atoms with Gasteiger partial charge >= 0.3 is 5.97 Å². The van der Waals surface area contributed by atoms with E-state index in [4.69, 9.17) is 0 Å². The van der Waals surface area contributed by atoms with Crippen LogP contribution < -0.4 is 0 Å². The summed E-state index contributed by atoms with van der Waals surface area (Å²) in [5, 5.41) is 0. The average molecular weight is 168 g/mol. The van der Waals surface area contributed by atoms with Crippen molar-refractivity contribution in [3.05, 3.63) is 11.6 Å². The minimum Gasteiger partial charge on any atom is -0.462 e. The molecule has 1 aliphatic heterocycles. The van der Waals surface area contributed by atoms with E-state index in [1.54, 1.807) is 13.8 Å². The van der Waals surface area contributed by atoms with Gasteiger partial charge in [-0.2, -0.15) is 0 Å². The summed E-state index contributed by atoms with van der Waals surface area (Å²) in [6.07, 6.45) is 1.97. The zero-order valence-electron chi connectivity index (χ0n) is 7.29. The number of carbonyl (C=O) groups excluding carboxylic acids is 2. The van der Waals surface area contributed by atoms with Crippen LogP contribution in [0.5, 0.6) is 0 Å². The van der Waals surface area contributed by atoms with Crippen LogP contribution in [0, 0.1) is 5.92 Å². The first kappa shape index (κ1) is 8.97. The summed E-state index contributed by atoms with van der Waals surface area (Å²) in [7, 11) is 0. The van der Waals surface area contributed by atoms with Gasteiger partial charge < -0.3 is 4.74 Å². The Kier molecular flexibility index (Phi) is 2.63. The van der Waals surface area contributed by atoms with Crippen LogP contribution in [-0.2, 0) is 14.3 Å². The lowest BCUT2D eigenvalue weighted by Crippen LogP contribution is -2.05. The molecule has 0 N–H and O–H groups in total. The molecule has 0 amide bonds. The third-order valence-electron chi connectivity index (χ3n) is 1.75. The van der Waals surface area contributed by atoms with Crippen LogP contribution in [0.15, 0.2) is 11.6 Å². The van der Waals surface area contributed by atoms with Gasteiger partial charge in [0.15, 0.2) is 5.78 Å². The Morgan fingerprint density at radius 1 is 1.58 bits per heavy atom. The zero-order chi connectivity index (χ0) is 9.14. The van der Waals surface area contributed by atoms with Gasteiger partial charge in [0, 0.05) is 17.9 Å². The molecule has 0 spiro atoms. The molecule has 12 heavy (non-hydrogen) atoms. The maximum absolute atomic E-state index is 11.2. The van der Waals surface area contributed by atoms with Crippen LogP contribution in [0.4, 0.5) is 0 Å². The normalized spacial score (nSPS) is 20.2. The van der Waals surface area contributed by atoms with Crippen molar-refractivity contribution >= 4 is 11.8 Å². The molecule has 3 nitrogen and oxygen atoms in total. The predicted octanol–water partition coefficient (Wildman–Crippen LogP) is 1.08. The van der Waals surface area contributed by atoms with E-state index in [0.717, 1.165) is 0 Å². The van der Waals surface area contributed by atoms with Crippen molar-refractivity contribution in [3.8, 4) is 0 Å². The Morgan fingerprint density at radius 3 is 2.67 bits per heavy atom. The Morgan fingerprint density at radius 2 is 2.25 bits per heavy atom. The predicted molar refractivity (Wildman–Crippen MR) is 43.5 cm³/mol. The molecule has 0 saturated carbocycles. The molecule has 1 heterocycles. The van der Waals surface area contributed by atoms with Gasteiger partial charge in [0.1, 0.15) is 0 Å². The molecule has 0 aromatic carbocycles. The number of hydrogen-bond donors (Lipinski definition) is 0. The van der Waals surface area contributed by atoms with Crippen molar-refractivity contribution in [1.29, 1.82) is 0 Å². The van der Waals surface area contributed by atoms with Gasteiger partial charge in [-0.05, 0) is 6.08 Å². The van der Waals surface area contributed by atoms with Gasteiger partial charge in [-0.15, -0.1) is 0 Å². The standard InChI is InChI=1S/C9H12O3/c1-6(2)8(10)5-7-3-4-12-9(7)11/h5-6H,3-4H2,1-2H3/b7-5-. The molecule has 0 bridgehead atoms. The molecule has 1 fully saturated rings. The monoisotopic (exact) mass is 168 g/mol. The fourth-order valence-corrected chi connectivity index (χ4v) is 0.918. The number of ether oxygens (including phenoxy) is 1. The summed E-state index contributed by atoms with van der Waals surface area (Å²) in [5.41, 5.74) is 0.508. The van der Waals surface area contributed by atoms with Gasteiger partial charge in [0.25, 0.3) is 0 Å². The highest BCUT2D eigenvalue weighted by Crippen LogP contribution is 2.13. The molecule has 3 heteroatoms. The maximum Gasteiger partial charge on any atom is 0.334 e. The van der Waals surface area contributed by atoms with E-state index in [-0.39, 0.29) is 17.7 Å². The van der Waals surface area contributed by atoms with Crippen LogP contribution in [0.1, 0.15) is 20.3 Å². The van der Waals surface area contributed by atoms with Crippen molar-refractivity contribution in [1.82, 2.24) is 0 Å². The van der Waals surface area contributed by atoms with Crippen molar-refractivity contribution < 1.29 is 14.3 Å². The summed E-state index contributed by atoms with van der Waals surface area (Å²) in [5.74, 6) is -0.404. The van der Waals surface area contributed by atoms with E-state index in [0.29, 0.717) is 18.6 Å². The van der Waals surface area contributed by atoms with Crippen LogP contribution in [0.25, 0.3) is 0 Å². The van der Waals surface area contributed by atoms with Gasteiger partial charge in [-0.25, -0.2) is 4.79 Å². The first-order valence-electron chi connectivity index (χ1n) is 4.03. The first-order valence-corrected chi connectivity index (χ1v) is 4.03. The second kappa shape index (κ2) is 3.52. The van der Waals surface area contributed by atoms with E-state index in [2.05, 4.69) is 4.74 Å². The van der Waals surface area contributed by atoms with E-state index < -0.39 is 0 Å². The largest absolute Gasteiger partial charge is 0.462 e. The highest BCUT2D eigenvalue weighted by Gasteiger charge is 2.20. The van der Waals surface area contributed by atoms with Crippen LogP contribution in [0.3, 0.4) is 0 Å². The van der Waals surface area contributed by atoms with Crippen LogP contribution in [-0.4, -0.2) is 18.4 Å². The summed E-state index contributed by atoms with van der Waals surface area (Å²) >= 11 is 0. The Balaban J connectivity index is 2.68. The molecule has 1 aliphatic rings. The lowest BCUT2D eigenvalue weighted by Gasteiger charge is -1.97. The SMILES string of the molecule is CC(C)C(=O)/C=C1/CCOC1=O.